The maximum absolute atomic E-state index is 11.5. The Morgan fingerprint density at radius 3 is 2.75 bits per heavy atom. The van der Waals surface area contributed by atoms with Crippen LogP contribution < -0.4 is 5.32 Å². The SMILES string of the molecule is CCS(=O)(=O)CCNC(=O)c1cc(S)cs1. The van der Waals surface area contributed by atoms with Crippen molar-refractivity contribution < 1.29 is 13.2 Å². The number of carbonyl (C=O) groups is 1. The van der Waals surface area contributed by atoms with Gasteiger partial charge >= 0.3 is 0 Å². The van der Waals surface area contributed by atoms with Crippen molar-refractivity contribution >= 4 is 39.7 Å². The monoisotopic (exact) mass is 279 g/mol. The highest BCUT2D eigenvalue weighted by Gasteiger charge is 2.10. The summed E-state index contributed by atoms with van der Waals surface area (Å²) in [5.74, 6) is -0.173. The van der Waals surface area contributed by atoms with Crippen molar-refractivity contribution in [2.75, 3.05) is 18.1 Å². The van der Waals surface area contributed by atoms with Crippen LogP contribution in [0, 0.1) is 0 Å². The van der Waals surface area contributed by atoms with Crippen LogP contribution in [0.4, 0.5) is 0 Å². The third kappa shape index (κ3) is 4.15. The van der Waals surface area contributed by atoms with Gasteiger partial charge in [-0.15, -0.1) is 24.0 Å². The molecule has 1 N–H and O–H groups in total. The van der Waals surface area contributed by atoms with Crippen LogP contribution in [0.5, 0.6) is 0 Å². The molecule has 1 aromatic heterocycles. The van der Waals surface area contributed by atoms with Crippen LogP contribution in [0.3, 0.4) is 0 Å². The molecule has 0 saturated heterocycles. The standard InChI is InChI=1S/C9H13NO3S3/c1-2-16(12,13)4-3-10-9(11)8-5-7(14)6-15-8/h5-6,14H,2-4H2,1H3,(H,10,11). The molecule has 0 aliphatic heterocycles. The van der Waals surface area contributed by atoms with Crippen LogP contribution in [-0.4, -0.2) is 32.4 Å². The molecule has 0 unspecified atom stereocenters. The molecular weight excluding hydrogens is 266 g/mol. The van der Waals surface area contributed by atoms with E-state index in [1.807, 2.05) is 0 Å². The summed E-state index contributed by atoms with van der Waals surface area (Å²) in [5, 5.41) is 4.31. The van der Waals surface area contributed by atoms with E-state index in [2.05, 4.69) is 17.9 Å². The van der Waals surface area contributed by atoms with Crippen molar-refractivity contribution in [3.63, 3.8) is 0 Å². The summed E-state index contributed by atoms with van der Waals surface area (Å²) in [7, 11) is -3.02. The van der Waals surface area contributed by atoms with Crippen molar-refractivity contribution in [3.05, 3.63) is 16.3 Å². The summed E-state index contributed by atoms with van der Waals surface area (Å²) in [6.07, 6.45) is 0. The van der Waals surface area contributed by atoms with Crippen molar-refractivity contribution in [1.29, 1.82) is 0 Å². The summed E-state index contributed by atoms with van der Waals surface area (Å²) in [5.41, 5.74) is 0. The molecule has 0 atom stereocenters. The topological polar surface area (TPSA) is 63.2 Å². The van der Waals surface area contributed by atoms with Crippen LogP contribution in [-0.2, 0) is 9.84 Å². The molecule has 16 heavy (non-hydrogen) atoms. The maximum atomic E-state index is 11.5. The Balaban J connectivity index is 2.43. The number of thiol groups is 1. The third-order valence-corrected chi connectivity index (χ3v) is 5.02. The average Bonchev–Trinajstić information content (AvgIpc) is 2.64. The predicted molar refractivity (Wildman–Crippen MR) is 68.2 cm³/mol. The minimum Gasteiger partial charge on any atom is -0.350 e. The van der Waals surface area contributed by atoms with Gasteiger partial charge in [-0.05, 0) is 6.07 Å². The molecule has 0 aromatic carbocycles. The summed E-state index contributed by atoms with van der Waals surface area (Å²) in [6.45, 7) is 1.73. The Hall–Kier alpha value is -0.530. The summed E-state index contributed by atoms with van der Waals surface area (Å²) >= 11 is 5.37. The molecule has 0 saturated carbocycles. The Morgan fingerprint density at radius 1 is 1.56 bits per heavy atom. The fraction of sp³-hybridized carbons (Fsp3) is 0.444. The van der Waals surface area contributed by atoms with Gasteiger partial charge in [-0.2, -0.15) is 0 Å². The van der Waals surface area contributed by atoms with Crippen LogP contribution in [0.15, 0.2) is 16.3 Å². The molecule has 0 bridgehead atoms. The molecule has 4 nitrogen and oxygen atoms in total. The van der Waals surface area contributed by atoms with Crippen LogP contribution in [0.2, 0.25) is 0 Å². The van der Waals surface area contributed by atoms with E-state index in [0.29, 0.717) is 4.88 Å². The predicted octanol–water partition coefficient (Wildman–Crippen LogP) is 1.20. The number of thiophene rings is 1. The second-order valence-electron chi connectivity index (χ2n) is 3.16. The number of hydrogen-bond donors (Lipinski definition) is 2. The molecule has 1 aromatic rings. The second-order valence-corrected chi connectivity index (χ2v) is 7.06. The quantitative estimate of drug-likeness (QED) is 0.796. The Kier molecular flexibility index (Phi) is 4.82. The first-order valence-corrected chi connectivity index (χ1v) is 7.85. The van der Waals surface area contributed by atoms with Gasteiger partial charge in [-0.25, -0.2) is 8.42 Å². The van der Waals surface area contributed by atoms with Crippen molar-refractivity contribution in [1.82, 2.24) is 5.32 Å². The lowest BCUT2D eigenvalue weighted by molar-refractivity contribution is 0.0960. The number of carbonyl (C=O) groups excluding carboxylic acids is 1. The minimum absolute atomic E-state index is 0.0195. The smallest absolute Gasteiger partial charge is 0.261 e. The molecule has 0 aliphatic rings. The van der Waals surface area contributed by atoms with E-state index in [0.717, 1.165) is 4.90 Å². The van der Waals surface area contributed by atoms with Gasteiger partial charge in [0.2, 0.25) is 0 Å². The fourth-order valence-corrected chi connectivity index (χ4v) is 2.76. The molecular formula is C9H13NO3S3. The maximum Gasteiger partial charge on any atom is 0.261 e. The Morgan fingerprint density at radius 2 is 2.25 bits per heavy atom. The number of rotatable bonds is 5. The molecule has 0 fully saturated rings. The lowest BCUT2D eigenvalue weighted by Gasteiger charge is -2.03. The average molecular weight is 279 g/mol. The lowest BCUT2D eigenvalue weighted by atomic mass is 10.4. The van der Waals surface area contributed by atoms with Crippen molar-refractivity contribution in [2.24, 2.45) is 0 Å². The Labute approximate surface area is 104 Å². The van der Waals surface area contributed by atoms with Gasteiger partial charge in [0.15, 0.2) is 9.84 Å². The zero-order chi connectivity index (χ0) is 12.2. The van der Waals surface area contributed by atoms with Gasteiger partial charge in [0, 0.05) is 22.6 Å². The molecule has 0 aliphatic carbocycles. The van der Waals surface area contributed by atoms with Crippen LogP contribution in [0.1, 0.15) is 16.6 Å². The fourth-order valence-electron chi connectivity index (χ4n) is 0.997. The molecule has 1 amide bonds. The van der Waals surface area contributed by atoms with E-state index < -0.39 is 9.84 Å². The first-order valence-electron chi connectivity index (χ1n) is 4.70. The van der Waals surface area contributed by atoms with E-state index in [1.54, 1.807) is 18.4 Å². The van der Waals surface area contributed by atoms with E-state index in [9.17, 15) is 13.2 Å². The molecule has 0 radical (unpaired) electrons. The molecule has 1 heterocycles. The third-order valence-electron chi connectivity index (χ3n) is 1.95. The molecule has 1 rings (SSSR count). The van der Waals surface area contributed by atoms with Gasteiger partial charge in [-0.1, -0.05) is 6.92 Å². The number of amides is 1. The highest BCUT2D eigenvalue weighted by Crippen LogP contribution is 2.17. The van der Waals surface area contributed by atoms with Crippen molar-refractivity contribution in [2.45, 2.75) is 11.8 Å². The second kappa shape index (κ2) is 5.70. The zero-order valence-corrected chi connectivity index (χ0v) is 11.3. The molecule has 90 valence electrons. The van der Waals surface area contributed by atoms with E-state index in [4.69, 9.17) is 0 Å². The number of hydrogen-bond acceptors (Lipinski definition) is 5. The van der Waals surface area contributed by atoms with Gasteiger partial charge in [0.1, 0.15) is 0 Å². The van der Waals surface area contributed by atoms with Gasteiger partial charge in [0.05, 0.1) is 10.6 Å². The lowest BCUT2D eigenvalue weighted by Crippen LogP contribution is -2.29. The highest BCUT2D eigenvalue weighted by molar-refractivity contribution is 7.91. The molecule has 7 heteroatoms. The van der Waals surface area contributed by atoms with Gasteiger partial charge < -0.3 is 5.32 Å². The first-order chi connectivity index (χ1) is 7.44. The largest absolute Gasteiger partial charge is 0.350 e. The number of nitrogens with one attached hydrogen (secondary N) is 1. The Bertz CT molecular complexity index is 464. The van der Waals surface area contributed by atoms with Gasteiger partial charge in [0.25, 0.3) is 5.91 Å². The number of sulfone groups is 1. The molecule has 0 spiro atoms. The zero-order valence-electron chi connectivity index (χ0n) is 8.76. The summed E-state index contributed by atoms with van der Waals surface area (Å²) in [6, 6.07) is 1.65. The van der Waals surface area contributed by atoms with Crippen molar-refractivity contribution in [3.8, 4) is 0 Å². The minimum atomic E-state index is -3.02. The summed E-state index contributed by atoms with van der Waals surface area (Å²) in [4.78, 5) is 12.8. The van der Waals surface area contributed by atoms with Crippen LogP contribution >= 0.6 is 24.0 Å². The summed E-state index contributed by atoms with van der Waals surface area (Å²) < 4.78 is 22.3. The van der Waals surface area contributed by atoms with E-state index in [1.165, 1.54) is 11.3 Å². The normalized spacial score (nSPS) is 11.4. The van der Waals surface area contributed by atoms with Gasteiger partial charge in [-0.3, -0.25) is 4.79 Å². The van der Waals surface area contributed by atoms with Crippen LogP contribution in [0.25, 0.3) is 0 Å². The van der Waals surface area contributed by atoms with E-state index >= 15 is 0 Å². The highest BCUT2D eigenvalue weighted by atomic mass is 32.2. The first kappa shape index (κ1) is 13.5. The van der Waals surface area contributed by atoms with E-state index in [-0.39, 0.29) is 24.0 Å².